The van der Waals surface area contributed by atoms with Crippen molar-refractivity contribution in [2.45, 2.75) is 51.7 Å². The fourth-order valence-corrected chi connectivity index (χ4v) is 4.09. The minimum atomic E-state index is 0. The van der Waals surface area contributed by atoms with Gasteiger partial charge in [0.2, 0.25) is 5.91 Å². The fraction of sp³-hybridized carbons (Fsp3) is 0.636. The third kappa shape index (κ3) is 6.84. The normalized spacial score (nSPS) is 24.7. The first kappa shape index (κ1) is 23.9. The first-order valence-corrected chi connectivity index (χ1v) is 10.7. The number of amides is 1. The lowest BCUT2D eigenvalue weighted by Gasteiger charge is -2.31. The van der Waals surface area contributed by atoms with E-state index in [0.29, 0.717) is 12.3 Å². The number of hydrogen-bond acceptors (Lipinski definition) is 3. The van der Waals surface area contributed by atoms with Crippen LogP contribution < -0.4 is 10.6 Å². The molecule has 2 aliphatic rings. The zero-order chi connectivity index (χ0) is 19.8. The molecule has 0 aliphatic carbocycles. The number of guanidine groups is 1. The Morgan fingerprint density at radius 2 is 2.03 bits per heavy atom. The van der Waals surface area contributed by atoms with E-state index in [1.807, 2.05) is 17.9 Å². The molecule has 2 N–H and O–H groups in total. The molecule has 0 saturated carbocycles. The SMILES string of the molecule is CCNC(=NCC1CCCOC1c1ccccc1)NC1CCN(C(=O)CC)C1.I. The first-order valence-electron chi connectivity index (χ1n) is 10.7. The molecule has 0 bridgehead atoms. The van der Waals surface area contributed by atoms with E-state index in [9.17, 15) is 4.79 Å². The quantitative estimate of drug-likeness (QED) is 0.347. The van der Waals surface area contributed by atoms with Crippen LogP contribution in [0.15, 0.2) is 35.3 Å². The summed E-state index contributed by atoms with van der Waals surface area (Å²) in [7, 11) is 0. The Bertz CT molecular complexity index is 655. The van der Waals surface area contributed by atoms with E-state index in [1.54, 1.807) is 0 Å². The van der Waals surface area contributed by atoms with Crippen molar-refractivity contribution in [1.29, 1.82) is 0 Å². The summed E-state index contributed by atoms with van der Waals surface area (Å²) in [5.74, 6) is 1.46. The number of benzene rings is 1. The third-order valence-corrected chi connectivity index (χ3v) is 5.59. The Labute approximate surface area is 191 Å². The van der Waals surface area contributed by atoms with Crippen LogP contribution in [0, 0.1) is 5.92 Å². The molecule has 162 valence electrons. The molecular formula is C22H35IN4O2. The predicted molar refractivity (Wildman–Crippen MR) is 128 cm³/mol. The number of rotatable bonds is 6. The molecule has 3 unspecified atom stereocenters. The summed E-state index contributed by atoms with van der Waals surface area (Å²) in [5, 5.41) is 6.88. The van der Waals surface area contributed by atoms with Gasteiger partial charge in [-0.1, -0.05) is 37.3 Å². The monoisotopic (exact) mass is 514 g/mol. The van der Waals surface area contributed by atoms with Crippen LogP contribution in [-0.4, -0.2) is 55.6 Å². The highest BCUT2D eigenvalue weighted by molar-refractivity contribution is 14.0. The molecule has 0 aromatic heterocycles. The van der Waals surface area contributed by atoms with Crippen LogP contribution in [-0.2, 0) is 9.53 Å². The highest BCUT2D eigenvalue weighted by Crippen LogP contribution is 2.33. The maximum atomic E-state index is 11.9. The Kier molecular flexibility index (Phi) is 10.2. The summed E-state index contributed by atoms with van der Waals surface area (Å²) in [6.45, 7) is 7.96. The van der Waals surface area contributed by atoms with Gasteiger partial charge in [0.15, 0.2) is 5.96 Å². The van der Waals surface area contributed by atoms with Crippen molar-refractivity contribution >= 4 is 35.8 Å². The summed E-state index contributed by atoms with van der Waals surface area (Å²) >= 11 is 0. The van der Waals surface area contributed by atoms with Crippen LogP contribution >= 0.6 is 24.0 Å². The Balaban J connectivity index is 0.00000300. The molecule has 29 heavy (non-hydrogen) atoms. The average Bonchev–Trinajstić information content (AvgIpc) is 3.21. The van der Waals surface area contributed by atoms with Gasteiger partial charge in [-0.15, -0.1) is 24.0 Å². The smallest absolute Gasteiger partial charge is 0.222 e. The van der Waals surface area contributed by atoms with Gasteiger partial charge >= 0.3 is 0 Å². The number of carbonyl (C=O) groups excluding carboxylic acids is 1. The molecule has 3 atom stereocenters. The zero-order valence-corrected chi connectivity index (χ0v) is 19.9. The molecule has 7 heteroatoms. The second-order valence-electron chi connectivity index (χ2n) is 7.65. The largest absolute Gasteiger partial charge is 0.373 e. The topological polar surface area (TPSA) is 66.0 Å². The van der Waals surface area contributed by atoms with Gasteiger partial charge in [-0.25, -0.2) is 0 Å². The van der Waals surface area contributed by atoms with Crippen molar-refractivity contribution < 1.29 is 9.53 Å². The molecule has 2 heterocycles. The highest BCUT2D eigenvalue weighted by Gasteiger charge is 2.28. The van der Waals surface area contributed by atoms with Gasteiger partial charge in [-0.05, 0) is 31.7 Å². The minimum Gasteiger partial charge on any atom is -0.373 e. The molecule has 2 fully saturated rings. The number of hydrogen-bond donors (Lipinski definition) is 2. The second-order valence-corrected chi connectivity index (χ2v) is 7.65. The van der Waals surface area contributed by atoms with Crippen LogP contribution in [0.2, 0.25) is 0 Å². The van der Waals surface area contributed by atoms with E-state index in [2.05, 4.69) is 41.8 Å². The maximum Gasteiger partial charge on any atom is 0.222 e. The van der Waals surface area contributed by atoms with E-state index in [0.717, 1.165) is 58.0 Å². The maximum absolute atomic E-state index is 11.9. The number of nitrogens with one attached hydrogen (secondary N) is 2. The van der Waals surface area contributed by atoms with E-state index < -0.39 is 0 Å². The van der Waals surface area contributed by atoms with Crippen LogP contribution in [0.1, 0.15) is 51.2 Å². The summed E-state index contributed by atoms with van der Waals surface area (Å²) < 4.78 is 6.10. The summed E-state index contributed by atoms with van der Waals surface area (Å²) in [5.41, 5.74) is 1.24. The summed E-state index contributed by atoms with van der Waals surface area (Å²) in [6.07, 6.45) is 3.87. The molecule has 0 radical (unpaired) electrons. The molecule has 0 spiro atoms. The highest BCUT2D eigenvalue weighted by atomic mass is 127. The number of halogens is 1. The molecule has 2 aliphatic heterocycles. The lowest BCUT2D eigenvalue weighted by atomic mass is 9.89. The molecule has 2 saturated heterocycles. The molecule has 3 rings (SSSR count). The third-order valence-electron chi connectivity index (χ3n) is 5.59. The summed E-state index contributed by atoms with van der Waals surface area (Å²) in [6, 6.07) is 10.7. The van der Waals surface area contributed by atoms with Gasteiger partial charge in [-0.3, -0.25) is 9.79 Å². The first-order chi connectivity index (χ1) is 13.7. The van der Waals surface area contributed by atoms with Gasteiger partial charge < -0.3 is 20.3 Å². The molecular weight excluding hydrogens is 479 g/mol. The number of nitrogens with zero attached hydrogens (tertiary/aromatic N) is 2. The fourth-order valence-electron chi connectivity index (χ4n) is 4.09. The molecule has 1 aromatic carbocycles. The number of carbonyl (C=O) groups is 1. The van der Waals surface area contributed by atoms with Crippen molar-refractivity contribution in [2.24, 2.45) is 10.9 Å². The van der Waals surface area contributed by atoms with Gasteiger partial charge in [0.1, 0.15) is 0 Å². The Hall–Kier alpha value is -1.35. The van der Waals surface area contributed by atoms with E-state index in [4.69, 9.17) is 9.73 Å². The van der Waals surface area contributed by atoms with Crippen molar-refractivity contribution in [2.75, 3.05) is 32.8 Å². The van der Waals surface area contributed by atoms with Crippen LogP contribution in [0.25, 0.3) is 0 Å². The van der Waals surface area contributed by atoms with E-state index in [1.165, 1.54) is 5.56 Å². The van der Waals surface area contributed by atoms with E-state index >= 15 is 0 Å². The lowest BCUT2D eigenvalue weighted by molar-refractivity contribution is -0.129. The zero-order valence-electron chi connectivity index (χ0n) is 17.6. The second kappa shape index (κ2) is 12.4. The summed E-state index contributed by atoms with van der Waals surface area (Å²) in [4.78, 5) is 18.7. The lowest BCUT2D eigenvalue weighted by Crippen LogP contribution is -2.45. The van der Waals surface area contributed by atoms with Gasteiger partial charge in [0.25, 0.3) is 0 Å². The van der Waals surface area contributed by atoms with E-state index in [-0.39, 0.29) is 42.0 Å². The average molecular weight is 514 g/mol. The number of likely N-dealkylation sites (tertiary alicyclic amines) is 1. The molecule has 1 amide bonds. The van der Waals surface area contributed by atoms with Crippen molar-refractivity contribution in [3.05, 3.63) is 35.9 Å². The van der Waals surface area contributed by atoms with Crippen molar-refractivity contribution in [3.8, 4) is 0 Å². The van der Waals surface area contributed by atoms with Gasteiger partial charge in [0.05, 0.1) is 6.10 Å². The Morgan fingerprint density at radius 3 is 2.76 bits per heavy atom. The van der Waals surface area contributed by atoms with Gasteiger partial charge in [-0.2, -0.15) is 0 Å². The van der Waals surface area contributed by atoms with Crippen LogP contribution in [0.4, 0.5) is 0 Å². The van der Waals surface area contributed by atoms with Crippen molar-refractivity contribution in [3.63, 3.8) is 0 Å². The number of ether oxygens (including phenoxy) is 1. The van der Waals surface area contributed by atoms with Gasteiger partial charge in [0, 0.05) is 51.2 Å². The van der Waals surface area contributed by atoms with Crippen LogP contribution in [0.5, 0.6) is 0 Å². The molecule has 6 nitrogen and oxygen atoms in total. The minimum absolute atomic E-state index is 0. The molecule has 1 aromatic rings. The standard InChI is InChI=1S/C22H34N4O2.HI/c1-3-20(27)26-13-12-19(16-26)25-22(23-4-2)24-15-18-11-8-14-28-21(18)17-9-6-5-7-10-17;/h5-7,9-10,18-19,21H,3-4,8,11-16H2,1-2H3,(H2,23,24,25);1H. The Morgan fingerprint density at radius 1 is 1.24 bits per heavy atom. The van der Waals surface area contributed by atoms with Crippen LogP contribution in [0.3, 0.4) is 0 Å². The predicted octanol–water partition coefficient (Wildman–Crippen LogP) is 3.34. The number of aliphatic imine (C=N–C) groups is 1. The van der Waals surface area contributed by atoms with Crippen molar-refractivity contribution in [1.82, 2.24) is 15.5 Å².